The molecule has 0 aromatic heterocycles. The highest BCUT2D eigenvalue weighted by Gasteiger charge is 2.12. The van der Waals surface area contributed by atoms with Crippen LogP contribution in [0.2, 0.25) is 0 Å². The molecule has 1 saturated heterocycles. The lowest BCUT2D eigenvalue weighted by atomic mass is 10.2. The van der Waals surface area contributed by atoms with Gasteiger partial charge in [0.15, 0.2) is 0 Å². The second-order valence-electron chi connectivity index (χ2n) is 3.69. The van der Waals surface area contributed by atoms with Gasteiger partial charge >= 0.3 is 0 Å². The van der Waals surface area contributed by atoms with E-state index in [1.54, 1.807) is 0 Å². The highest BCUT2D eigenvalue weighted by molar-refractivity contribution is 8.00. The van der Waals surface area contributed by atoms with E-state index in [9.17, 15) is 0 Å². The number of hydrogen-bond acceptors (Lipinski definition) is 1. The molecule has 1 heterocycles. The van der Waals surface area contributed by atoms with E-state index in [2.05, 4.69) is 42.1 Å². The van der Waals surface area contributed by atoms with Crippen LogP contribution in [0.25, 0.3) is 0 Å². The van der Waals surface area contributed by atoms with Crippen LogP contribution >= 0.6 is 19.7 Å². The van der Waals surface area contributed by atoms with E-state index in [1.165, 1.54) is 42.0 Å². The quantitative estimate of drug-likeness (QED) is 0.708. The monoisotopic (exact) mass is 224 g/mol. The van der Waals surface area contributed by atoms with Gasteiger partial charge in [-0.15, -0.1) is 7.92 Å². The first kappa shape index (κ1) is 10.5. The fourth-order valence-electron chi connectivity index (χ4n) is 1.76. The van der Waals surface area contributed by atoms with Gasteiger partial charge in [-0.1, -0.05) is 30.3 Å². The molecule has 0 spiro atoms. The average molecular weight is 224 g/mol. The third kappa shape index (κ3) is 3.29. The Morgan fingerprint density at radius 1 is 1.07 bits per heavy atom. The SMILES string of the molecule is c1ccc(CCP2CCSCC2)cc1. The molecule has 1 aliphatic heterocycles. The molecule has 1 aliphatic rings. The third-order valence-corrected chi connectivity index (χ3v) is 6.82. The van der Waals surface area contributed by atoms with Crippen LogP contribution in [-0.2, 0) is 6.42 Å². The second-order valence-corrected chi connectivity index (χ2v) is 7.60. The van der Waals surface area contributed by atoms with Crippen molar-refractivity contribution in [2.45, 2.75) is 6.42 Å². The van der Waals surface area contributed by atoms with Gasteiger partial charge in [-0.05, 0) is 42.0 Å². The van der Waals surface area contributed by atoms with E-state index in [4.69, 9.17) is 0 Å². The number of aryl methyl sites for hydroxylation is 1. The normalized spacial score (nSPS) is 18.3. The van der Waals surface area contributed by atoms with Crippen molar-refractivity contribution in [3.8, 4) is 0 Å². The van der Waals surface area contributed by atoms with E-state index in [1.807, 2.05) is 0 Å². The molecule has 0 unspecified atom stereocenters. The van der Waals surface area contributed by atoms with Crippen molar-refractivity contribution in [3.63, 3.8) is 0 Å². The zero-order valence-electron chi connectivity index (χ0n) is 8.48. The van der Waals surface area contributed by atoms with Gasteiger partial charge in [0, 0.05) is 0 Å². The predicted octanol–water partition coefficient (Wildman–Crippen LogP) is 3.46. The summed E-state index contributed by atoms with van der Waals surface area (Å²) in [6.45, 7) is 0. The standard InChI is InChI=1S/C12H17PS/c1-2-4-12(5-3-1)6-7-13-8-10-14-11-9-13/h1-5H,6-11H2. The highest BCUT2D eigenvalue weighted by Crippen LogP contribution is 2.40. The van der Waals surface area contributed by atoms with Crippen LogP contribution in [0.15, 0.2) is 30.3 Å². The Labute approximate surface area is 92.2 Å². The Morgan fingerprint density at radius 3 is 2.50 bits per heavy atom. The minimum atomic E-state index is 0.384. The predicted molar refractivity (Wildman–Crippen MR) is 69.0 cm³/mol. The van der Waals surface area contributed by atoms with Gasteiger partial charge in [0.25, 0.3) is 0 Å². The van der Waals surface area contributed by atoms with E-state index in [0.717, 1.165) is 0 Å². The summed E-state index contributed by atoms with van der Waals surface area (Å²) in [7, 11) is 0.384. The van der Waals surface area contributed by atoms with Crippen LogP contribution in [0.5, 0.6) is 0 Å². The summed E-state index contributed by atoms with van der Waals surface area (Å²) in [6.07, 6.45) is 5.77. The maximum atomic E-state index is 2.26. The molecule has 0 N–H and O–H groups in total. The molecule has 76 valence electrons. The number of rotatable bonds is 3. The van der Waals surface area contributed by atoms with Gasteiger partial charge in [-0.3, -0.25) is 0 Å². The van der Waals surface area contributed by atoms with Gasteiger partial charge in [0.1, 0.15) is 0 Å². The molecular formula is C12H17PS. The topological polar surface area (TPSA) is 0 Å². The van der Waals surface area contributed by atoms with Gasteiger partial charge in [0.2, 0.25) is 0 Å². The van der Waals surface area contributed by atoms with Crippen molar-refractivity contribution < 1.29 is 0 Å². The van der Waals surface area contributed by atoms with Crippen molar-refractivity contribution in [2.24, 2.45) is 0 Å². The Kier molecular flexibility index (Phi) is 4.34. The summed E-state index contributed by atoms with van der Waals surface area (Å²) in [5.41, 5.74) is 1.52. The average Bonchev–Trinajstić information content (AvgIpc) is 2.29. The number of benzene rings is 1. The van der Waals surface area contributed by atoms with E-state index in [-0.39, 0.29) is 0 Å². The first-order valence-electron chi connectivity index (χ1n) is 5.29. The summed E-state index contributed by atoms with van der Waals surface area (Å²) in [5.74, 6) is 2.83. The van der Waals surface area contributed by atoms with Crippen LogP contribution < -0.4 is 0 Å². The van der Waals surface area contributed by atoms with Gasteiger partial charge < -0.3 is 0 Å². The highest BCUT2D eigenvalue weighted by atomic mass is 32.2. The zero-order valence-corrected chi connectivity index (χ0v) is 10.2. The molecule has 1 aromatic carbocycles. The van der Waals surface area contributed by atoms with Crippen molar-refractivity contribution >= 4 is 19.7 Å². The van der Waals surface area contributed by atoms with Gasteiger partial charge in [-0.25, -0.2) is 0 Å². The molecule has 0 radical (unpaired) electrons. The third-order valence-electron chi connectivity index (χ3n) is 2.66. The van der Waals surface area contributed by atoms with Crippen molar-refractivity contribution in [2.75, 3.05) is 30.0 Å². The Bertz CT molecular complexity index is 254. The molecule has 0 nitrogen and oxygen atoms in total. The maximum absolute atomic E-state index is 2.26. The molecule has 2 rings (SSSR count). The van der Waals surface area contributed by atoms with Crippen molar-refractivity contribution in [1.82, 2.24) is 0 Å². The molecule has 0 bridgehead atoms. The van der Waals surface area contributed by atoms with Gasteiger partial charge in [-0.2, -0.15) is 11.8 Å². The smallest absolute Gasteiger partial charge is 0.00280 e. The lowest BCUT2D eigenvalue weighted by molar-refractivity contribution is 1.13. The minimum Gasteiger partial charge on any atom is -0.161 e. The molecule has 0 atom stereocenters. The fraction of sp³-hybridized carbons (Fsp3) is 0.500. The largest absolute Gasteiger partial charge is 0.161 e. The lowest BCUT2D eigenvalue weighted by Gasteiger charge is -2.21. The van der Waals surface area contributed by atoms with E-state index in [0.29, 0.717) is 7.92 Å². The summed E-state index contributed by atoms with van der Waals surface area (Å²) >= 11 is 2.14. The first-order chi connectivity index (χ1) is 6.95. The first-order valence-corrected chi connectivity index (χ1v) is 8.34. The van der Waals surface area contributed by atoms with E-state index >= 15 is 0 Å². The summed E-state index contributed by atoms with van der Waals surface area (Å²) in [6, 6.07) is 10.9. The molecule has 0 aliphatic carbocycles. The molecule has 1 aromatic rings. The van der Waals surface area contributed by atoms with E-state index < -0.39 is 0 Å². The molecule has 0 amide bonds. The fourth-order valence-corrected chi connectivity index (χ4v) is 6.30. The Hall–Kier alpha value is -0.0000000000000000555. The minimum absolute atomic E-state index is 0.384. The number of thioether (sulfide) groups is 1. The van der Waals surface area contributed by atoms with Crippen LogP contribution in [0.3, 0.4) is 0 Å². The lowest BCUT2D eigenvalue weighted by Crippen LogP contribution is -2.07. The summed E-state index contributed by atoms with van der Waals surface area (Å²) < 4.78 is 0. The molecule has 14 heavy (non-hydrogen) atoms. The Morgan fingerprint density at radius 2 is 1.79 bits per heavy atom. The summed E-state index contributed by atoms with van der Waals surface area (Å²) in [5, 5.41) is 0. The van der Waals surface area contributed by atoms with Crippen LogP contribution in [0.1, 0.15) is 5.56 Å². The number of hydrogen-bond donors (Lipinski definition) is 0. The molecular weight excluding hydrogens is 207 g/mol. The van der Waals surface area contributed by atoms with Crippen LogP contribution in [0.4, 0.5) is 0 Å². The molecule has 1 fully saturated rings. The second kappa shape index (κ2) is 5.78. The van der Waals surface area contributed by atoms with Crippen LogP contribution in [-0.4, -0.2) is 30.0 Å². The zero-order chi connectivity index (χ0) is 9.64. The molecule has 2 heteroatoms. The summed E-state index contributed by atoms with van der Waals surface area (Å²) in [4.78, 5) is 0. The van der Waals surface area contributed by atoms with Crippen molar-refractivity contribution in [1.29, 1.82) is 0 Å². The van der Waals surface area contributed by atoms with Gasteiger partial charge in [0.05, 0.1) is 0 Å². The van der Waals surface area contributed by atoms with Crippen LogP contribution in [0, 0.1) is 0 Å². The maximum Gasteiger partial charge on any atom is -0.00280 e. The Balaban J connectivity index is 1.76. The molecule has 0 saturated carbocycles. The van der Waals surface area contributed by atoms with Crippen molar-refractivity contribution in [3.05, 3.63) is 35.9 Å².